The number of hydrogen-bond acceptors (Lipinski definition) is 5. The van der Waals surface area contributed by atoms with E-state index in [0.717, 1.165) is 42.3 Å². The molecule has 1 N–H and O–H groups in total. The summed E-state index contributed by atoms with van der Waals surface area (Å²) in [5, 5.41) is 9.89. The fourth-order valence-corrected chi connectivity index (χ4v) is 5.23. The highest BCUT2D eigenvalue weighted by atomic mass is 79.9. The standard InChI is InChI=1S/C20H30BrNO4S/c1-4-6-7-13(5-2)19(24)22(14-8-10-15(23)11-9-14)16-12-17(21)27-18(16)20(25)26-3/h12-15,23H,4-11H2,1-3H3. The van der Waals surface area contributed by atoms with Crippen molar-refractivity contribution in [3.8, 4) is 0 Å². The molecule has 1 aromatic rings. The monoisotopic (exact) mass is 459 g/mol. The van der Waals surface area contributed by atoms with Gasteiger partial charge in [-0.15, -0.1) is 11.3 Å². The SMILES string of the molecule is CCCCC(CC)C(=O)N(c1cc(Br)sc1C(=O)OC)C1CCC(O)CC1. The lowest BCUT2D eigenvalue weighted by molar-refractivity contribution is -0.123. The molecule has 1 atom stereocenters. The van der Waals surface area contributed by atoms with Gasteiger partial charge in [-0.1, -0.05) is 26.7 Å². The second kappa shape index (κ2) is 10.6. The summed E-state index contributed by atoms with van der Waals surface area (Å²) in [7, 11) is 1.36. The first-order valence-corrected chi connectivity index (χ1v) is 11.4. The average molecular weight is 460 g/mol. The highest BCUT2D eigenvalue weighted by Gasteiger charge is 2.35. The van der Waals surface area contributed by atoms with Crippen LogP contribution in [0.4, 0.5) is 5.69 Å². The van der Waals surface area contributed by atoms with Gasteiger partial charge in [-0.3, -0.25) is 4.79 Å². The molecule has 7 heteroatoms. The highest BCUT2D eigenvalue weighted by molar-refractivity contribution is 9.11. The fraction of sp³-hybridized carbons (Fsp3) is 0.700. The van der Waals surface area contributed by atoms with Gasteiger partial charge in [-0.05, 0) is 60.5 Å². The van der Waals surface area contributed by atoms with Crippen LogP contribution in [0.1, 0.15) is 74.9 Å². The van der Waals surface area contributed by atoms with Gasteiger partial charge in [0.25, 0.3) is 0 Å². The molecule has 1 heterocycles. The number of aliphatic hydroxyl groups is 1. The Morgan fingerprint density at radius 3 is 2.56 bits per heavy atom. The molecule has 1 amide bonds. The van der Waals surface area contributed by atoms with Crippen LogP contribution < -0.4 is 4.90 Å². The maximum absolute atomic E-state index is 13.5. The molecule has 1 unspecified atom stereocenters. The first kappa shape index (κ1) is 22.4. The van der Waals surface area contributed by atoms with Gasteiger partial charge in [0.05, 0.1) is 22.7 Å². The molecule has 0 saturated heterocycles. The lowest BCUT2D eigenvalue weighted by Crippen LogP contribution is -2.46. The van der Waals surface area contributed by atoms with Gasteiger partial charge in [0.2, 0.25) is 5.91 Å². The van der Waals surface area contributed by atoms with Gasteiger partial charge in [0, 0.05) is 12.0 Å². The van der Waals surface area contributed by atoms with Crippen molar-refractivity contribution in [1.29, 1.82) is 0 Å². The summed E-state index contributed by atoms with van der Waals surface area (Å²) < 4.78 is 5.75. The topological polar surface area (TPSA) is 66.8 Å². The maximum atomic E-state index is 13.5. The number of nitrogens with zero attached hydrogens (tertiary/aromatic N) is 1. The van der Waals surface area contributed by atoms with Gasteiger partial charge in [0.1, 0.15) is 4.88 Å². The van der Waals surface area contributed by atoms with Gasteiger partial charge < -0.3 is 14.7 Å². The Morgan fingerprint density at radius 2 is 2.00 bits per heavy atom. The molecular weight excluding hydrogens is 430 g/mol. The molecule has 1 aliphatic carbocycles. The first-order valence-electron chi connectivity index (χ1n) is 9.81. The average Bonchev–Trinajstić information content (AvgIpc) is 3.04. The van der Waals surface area contributed by atoms with Crippen molar-refractivity contribution in [3.63, 3.8) is 0 Å². The normalized spacial score (nSPS) is 20.9. The molecule has 0 bridgehead atoms. The zero-order chi connectivity index (χ0) is 20.0. The molecule has 2 rings (SSSR count). The lowest BCUT2D eigenvalue weighted by atomic mass is 9.89. The minimum Gasteiger partial charge on any atom is -0.465 e. The molecule has 1 aromatic heterocycles. The second-order valence-electron chi connectivity index (χ2n) is 7.17. The van der Waals surface area contributed by atoms with Crippen molar-refractivity contribution in [3.05, 3.63) is 14.7 Å². The van der Waals surface area contributed by atoms with Crippen LogP contribution in [0, 0.1) is 5.92 Å². The van der Waals surface area contributed by atoms with E-state index >= 15 is 0 Å². The van der Waals surface area contributed by atoms with E-state index in [1.54, 1.807) is 0 Å². The van der Waals surface area contributed by atoms with Gasteiger partial charge in [-0.2, -0.15) is 0 Å². The molecule has 27 heavy (non-hydrogen) atoms. The number of thiophene rings is 1. The van der Waals surface area contributed by atoms with Crippen molar-refractivity contribution in [2.24, 2.45) is 5.92 Å². The Kier molecular flexibility index (Phi) is 8.76. The van der Waals surface area contributed by atoms with Crippen molar-refractivity contribution >= 4 is 44.8 Å². The summed E-state index contributed by atoms with van der Waals surface area (Å²) in [6.07, 6.45) is 6.25. The van der Waals surface area contributed by atoms with Crippen LogP contribution in [0.3, 0.4) is 0 Å². The van der Waals surface area contributed by atoms with E-state index in [1.807, 2.05) is 17.9 Å². The fourth-order valence-electron chi connectivity index (χ4n) is 3.73. The molecule has 0 radical (unpaired) electrons. The Morgan fingerprint density at radius 1 is 1.33 bits per heavy atom. The molecule has 5 nitrogen and oxygen atoms in total. The number of anilines is 1. The summed E-state index contributed by atoms with van der Waals surface area (Å²) in [6, 6.07) is 1.85. The van der Waals surface area contributed by atoms with Gasteiger partial charge in [-0.25, -0.2) is 4.79 Å². The second-order valence-corrected chi connectivity index (χ2v) is 9.61. The predicted molar refractivity (Wildman–Crippen MR) is 112 cm³/mol. The van der Waals surface area contributed by atoms with Gasteiger partial charge in [0.15, 0.2) is 0 Å². The number of methoxy groups -OCH3 is 1. The van der Waals surface area contributed by atoms with Crippen LogP contribution in [0.15, 0.2) is 9.85 Å². The molecule has 152 valence electrons. The molecule has 1 fully saturated rings. The Bertz CT molecular complexity index is 640. The quantitative estimate of drug-likeness (QED) is 0.545. The van der Waals surface area contributed by atoms with E-state index in [-0.39, 0.29) is 24.0 Å². The largest absolute Gasteiger partial charge is 0.465 e. The molecular formula is C20H30BrNO4S. The maximum Gasteiger partial charge on any atom is 0.350 e. The predicted octanol–water partition coefficient (Wildman–Crippen LogP) is 5.15. The number of aliphatic hydroxyl groups excluding tert-OH is 1. The van der Waals surface area contributed by atoms with Crippen LogP contribution in [-0.4, -0.2) is 36.2 Å². The minimum atomic E-state index is -0.420. The van der Waals surface area contributed by atoms with Crippen molar-refractivity contribution in [2.45, 2.75) is 77.4 Å². The summed E-state index contributed by atoms with van der Waals surface area (Å²) in [5.74, 6) is -0.389. The summed E-state index contributed by atoms with van der Waals surface area (Å²) in [6.45, 7) is 4.18. The number of esters is 1. The van der Waals surface area contributed by atoms with Crippen LogP contribution in [-0.2, 0) is 9.53 Å². The van der Waals surface area contributed by atoms with E-state index in [1.165, 1.54) is 18.4 Å². The van der Waals surface area contributed by atoms with Crippen LogP contribution in [0.5, 0.6) is 0 Å². The smallest absolute Gasteiger partial charge is 0.350 e. The summed E-state index contributed by atoms with van der Waals surface area (Å²) >= 11 is 4.75. The van der Waals surface area contributed by atoms with Crippen molar-refractivity contribution in [2.75, 3.05) is 12.0 Å². The Hall–Kier alpha value is -0.920. The molecule has 0 aliphatic heterocycles. The highest BCUT2D eigenvalue weighted by Crippen LogP contribution is 2.39. The van der Waals surface area contributed by atoms with Crippen LogP contribution in [0.2, 0.25) is 0 Å². The van der Waals surface area contributed by atoms with E-state index < -0.39 is 5.97 Å². The van der Waals surface area contributed by atoms with Crippen molar-refractivity contribution < 1.29 is 19.4 Å². The molecule has 1 saturated carbocycles. The number of amides is 1. The summed E-state index contributed by atoms with van der Waals surface area (Å²) in [5.41, 5.74) is 0.639. The van der Waals surface area contributed by atoms with E-state index in [9.17, 15) is 14.7 Å². The molecule has 0 spiro atoms. The zero-order valence-electron chi connectivity index (χ0n) is 16.4. The number of ether oxygens (including phenoxy) is 1. The number of hydrogen-bond donors (Lipinski definition) is 1. The first-order chi connectivity index (χ1) is 12.9. The Labute approximate surface area is 174 Å². The van der Waals surface area contributed by atoms with E-state index in [4.69, 9.17) is 4.74 Å². The Balaban J connectivity index is 2.41. The third-order valence-electron chi connectivity index (χ3n) is 5.33. The van der Waals surface area contributed by atoms with Crippen LogP contribution >= 0.6 is 27.3 Å². The van der Waals surface area contributed by atoms with Crippen molar-refractivity contribution in [1.82, 2.24) is 0 Å². The minimum absolute atomic E-state index is 0.00137. The number of halogens is 1. The zero-order valence-corrected chi connectivity index (χ0v) is 18.8. The van der Waals surface area contributed by atoms with Gasteiger partial charge >= 0.3 is 5.97 Å². The third-order valence-corrected chi connectivity index (χ3v) is 6.94. The van der Waals surface area contributed by atoms with Crippen LogP contribution in [0.25, 0.3) is 0 Å². The summed E-state index contributed by atoms with van der Waals surface area (Å²) in [4.78, 5) is 28.1. The number of carbonyl (C=O) groups excluding carboxylic acids is 2. The van der Waals surface area contributed by atoms with E-state index in [2.05, 4.69) is 22.9 Å². The number of carbonyl (C=O) groups is 2. The number of rotatable bonds is 8. The van der Waals surface area contributed by atoms with E-state index in [0.29, 0.717) is 23.4 Å². The molecule has 1 aliphatic rings. The number of unbranched alkanes of at least 4 members (excludes halogenated alkanes) is 1. The molecule has 0 aromatic carbocycles. The third kappa shape index (κ3) is 5.55. The lowest BCUT2D eigenvalue weighted by Gasteiger charge is -2.37.